The number of benzene rings is 1. The molecule has 2 N–H and O–H groups in total. The second-order valence-electron chi connectivity index (χ2n) is 3.92. The van der Waals surface area contributed by atoms with Gasteiger partial charge in [0, 0.05) is 18.7 Å². The minimum absolute atomic E-state index is 0.426. The van der Waals surface area contributed by atoms with Gasteiger partial charge >= 0.3 is 0 Å². The molecule has 1 unspecified atom stereocenters. The molecular formula is C12H19NO3. The largest absolute Gasteiger partial charge is 0.497 e. The van der Waals surface area contributed by atoms with Crippen LogP contribution in [0.15, 0.2) is 18.2 Å². The molecule has 16 heavy (non-hydrogen) atoms. The molecule has 0 bridgehead atoms. The Hall–Kier alpha value is -1.26. The highest BCUT2D eigenvalue weighted by molar-refractivity contribution is 5.44. The Kier molecular flexibility index (Phi) is 4.15. The van der Waals surface area contributed by atoms with Crippen molar-refractivity contribution in [1.29, 1.82) is 0 Å². The zero-order valence-corrected chi connectivity index (χ0v) is 10.2. The van der Waals surface area contributed by atoms with Gasteiger partial charge in [-0.2, -0.15) is 0 Å². The van der Waals surface area contributed by atoms with Crippen molar-refractivity contribution >= 4 is 0 Å². The van der Waals surface area contributed by atoms with Crippen molar-refractivity contribution in [2.45, 2.75) is 12.5 Å². The topological polar surface area (TPSA) is 53.7 Å². The molecule has 1 aromatic carbocycles. The maximum absolute atomic E-state index is 6.17. The summed E-state index contributed by atoms with van der Waals surface area (Å²) in [6.45, 7) is 2.33. The van der Waals surface area contributed by atoms with Gasteiger partial charge in [-0.3, -0.25) is 0 Å². The molecule has 0 amide bonds. The summed E-state index contributed by atoms with van der Waals surface area (Å²) in [5, 5.41) is 0. The number of hydrogen-bond acceptors (Lipinski definition) is 4. The van der Waals surface area contributed by atoms with Crippen LogP contribution in [0.25, 0.3) is 0 Å². The third-order valence-corrected chi connectivity index (χ3v) is 2.47. The third kappa shape index (κ3) is 2.65. The number of hydrogen-bond donors (Lipinski definition) is 1. The van der Waals surface area contributed by atoms with E-state index < -0.39 is 5.54 Å². The summed E-state index contributed by atoms with van der Waals surface area (Å²) in [5.41, 5.74) is 6.49. The van der Waals surface area contributed by atoms with Crippen LogP contribution >= 0.6 is 0 Å². The van der Waals surface area contributed by atoms with Crippen molar-refractivity contribution in [3.8, 4) is 11.5 Å². The van der Waals surface area contributed by atoms with Crippen molar-refractivity contribution in [2.24, 2.45) is 5.73 Å². The Balaban J connectivity index is 3.12. The molecule has 0 aliphatic heterocycles. The van der Waals surface area contributed by atoms with Crippen molar-refractivity contribution < 1.29 is 14.2 Å². The molecule has 0 saturated heterocycles. The first-order valence-electron chi connectivity index (χ1n) is 5.05. The first-order valence-corrected chi connectivity index (χ1v) is 5.05. The van der Waals surface area contributed by atoms with E-state index >= 15 is 0 Å². The maximum Gasteiger partial charge on any atom is 0.127 e. The normalized spacial score (nSPS) is 14.3. The monoisotopic (exact) mass is 225 g/mol. The first-order chi connectivity index (χ1) is 7.55. The molecule has 1 rings (SSSR count). The first kappa shape index (κ1) is 12.8. The molecule has 90 valence electrons. The average Bonchev–Trinajstić information content (AvgIpc) is 2.28. The molecule has 0 saturated carbocycles. The molecule has 4 nitrogen and oxygen atoms in total. The summed E-state index contributed by atoms with van der Waals surface area (Å²) < 4.78 is 15.5. The van der Waals surface area contributed by atoms with Crippen molar-refractivity contribution in [1.82, 2.24) is 0 Å². The quantitative estimate of drug-likeness (QED) is 0.825. The Bertz CT molecular complexity index is 350. The van der Waals surface area contributed by atoms with Crippen LogP contribution in [0.3, 0.4) is 0 Å². The van der Waals surface area contributed by atoms with Gasteiger partial charge in [0.25, 0.3) is 0 Å². The third-order valence-electron chi connectivity index (χ3n) is 2.47. The van der Waals surface area contributed by atoms with Gasteiger partial charge in [0.2, 0.25) is 0 Å². The lowest BCUT2D eigenvalue weighted by molar-refractivity contribution is 0.139. The average molecular weight is 225 g/mol. The highest BCUT2D eigenvalue weighted by Crippen LogP contribution is 2.31. The molecule has 0 aliphatic carbocycles. The van der Waals surface area contributed by atoms with Gasteiger partial charge in [-0.1, -0.05) is 0 Å². The fourth-order valence-corrected chi connectivity index (χ4v) is 1.65. The SMILES string of the molecule is COCC(C)(N)c1ccc(OC)cc1OC. The molecule has 0 radical (unpaired) electrons. The lowest BCUT2D eigenvalue weighted by atomic mass is 9.93. The van der Waals surface area contributed by atoms with Crippen LogP contribution in [0.2, 0.25) is 0 Å². The number of methoxy groups -OCH3 is 3. The lowest BCUT2D eigenvalue weighted by Crippen LogP contribution is -2.38. The molecule has 0 spiro atoms. The van der Waals surface area contributed by atoms with Gasteiger partial charge in [0.15, 0.2) is 0 Å². The van der Waals surface area contributed by atoms with E-state index in [1.807, 2.05) is 25.1 Å². The van der Waals surface area contributed by atoms with E-state index in [1.54, 1.807) is 21.3 Å². The summed E-state index contributed by atoms with van der Waals surface area (Å²) in [6, 6.07) is 5.57. The Morgan fingerprint density at radius 3 is 2.38 bits per heavy atom. The summed E-state index contributed by atoms with van der Waals surface area (Å²) in [4.78, 5) is 0. The van der Waals surface area contributed by atoms with Gasteiger partial charge in [0.05, 0.1) is 26.4 Å². The summed E-state index contributed by atoms with van der Waals surface area (Å²) in [7, 11) is 4.85. The molecule has 1 aromatic rings. The van der Waals surface area contributed by atoms with E-state index in [4.69, 9.17) is 19.9 Å². The minimum Gasteiger partial charge on any atom is -0.497 e. The van der Waals surface area contributed by atoms with E-state index in [0.717, 1.165) is 11.3 Å². The van der Waals surface area contributed by atoms with E-state index in [-0.39, 0.29) is 0 Å². The predicted molar refractivity (Wildman–Crippen MR) is 63.0 cm³/mol. The van der Waals surface area contributed by atoms with Gasteiger partial charge < -0.3 is 19.9 Å². The second kappa shape index (κ2) is 5.18. The van der Waals surface area contributed by atoms with Crippen LogP contribution < -0.4 is 15.2 Å². The van der Waals surface area contributed by atoms with E-state index in [1.165, 1.54) is 0 Å². The van der Waals surface area contributed by atoms with Crippen LogP contribution in [-0.2, 0) is 10.3 Å². The summed E-state index contributed by atoms with van der Waals surface area (Å²) >= 11 is 0. The van der Waals surface area contributed by atoms with Crippen LogP contribution in [0.5, 0.6) is 11.5 Å². The predicted octanol–water partition coefficient (Wildman–Crippen LogP) is 1.52. The van der Waals surface area contributed by atoms with E-state index in [0.29, 0.717) is 12.4 Å². The molecular weight excluding hydrogens is 206 g/mol. The van der Waals surface area contributed by atoms with Crippen molar-refractivity contribution in [3.63, 3.8) is 0 Å². The Labute approximate surface area is 96.3 Å². The summed E-state index contributed by atoms with van der Waals surface area (Å²) in [6.07, 6.45) is 0. The van der Waals surface area contributed by atoms with E-state index in [9.17, 15) is 0 Å². The molecule has 0 aromatic heterocycles. The van der Waals surface area contributed by atoms with E-state index in [2.05, 4.69) is 0 Å². The van der Waals surface area contributed by atoms with Crippen molar-refractivity contribution in [3.05, 3.63) is 23.8 Å². The Morgan fingerprint density at radius 1 is 1.19 bits per heavy atom. The molecule has 4 heteroatoms. The number of rotatable bonds is 5. The molecule has 0 fully saturated rings. The van der Waals surface area contributed by atoms with Crippen LogP contribution in [0, 0.1) is 0 Å². The smallest absolute Gasteiger partial charge is 0.127 e. The zero-order valence-electron chi connectivity index (χ0n) is 10.2. The highest BCUT2D eigenvalue weighted by atomic mass is 16.5. The minimum atomic E-state index is -0.577. The fraction of sp³-hybridized carbons (Fsp3) is 0.500. The summed E-state index contributed by atoms with van der Waals surface area (Å²) in [5.74, 6) is 1.45. The van der Waals surface area contributed by atoms with Gasteiger partial charge in [-0.15, -0.1) is 0 Å². The maximum atomic E-state index is 6.17. The molecule has 0 aliphatic rings. The fourth-order valence-electron chi connectivity index (χ4n) is 1.65. The number of ether oxygens (including phenoxy) is 3. The van der Waals surface area contributed by atoms with Gasteiger partial charge in [-0.25, -0.2) is 0 Å². The highest BCUT2D eigenvalue weighted by Gasteiger charge is 2.25. The van der Waals surface area contributed by atoms with Crippen molar-refractivity contribution in [2.75, 3.05) is 27.9 Å². The second-order valence-corrected chi connectivity index (χ2v) is 3.92. The Morgan fingerprint density at radius 2 is 1.88 bits per heavy atom. The van der Waals surface area contributed by atoms with Gasteiger partial charge in [-0.05, 0) is 19.1 Å². The zero-order chi connectivity index (χ0) is 12.2. The standard InChI is InChI=1S/C12H19NO3/c1-12(13,8-14-2)10-6-5-9(15-3)7-11(10)16-4/h5-7H,8,13H2,1-4H3. The molecule has 0 heterocycles. The lowest BCUT2D eigenvalue weighted by Gasteiger charge is -2.26. The molecule has 1 atom stereocenters. The van der Waals surface area contributed by atoms with Crippen LogP contribution in [0.4, 0.5) is 0 Å². The van der Waals surface area contributed by atoms with Gasteiger partial charge in [0.1, 0.15) is 11.5 Å². The number of nitrogens with two attached hydrogens (primary N) is 1. The van der Waals surface area contributed by atoms with Crippen LogP contribution in [0.1, 0.15) is 12.5 Å². The van der Waals surface area contributed by atoms with Crippen LogP contribution in [-0.4, -0.2) is 27.9 Å².